The summed E-state index contributed by atoms with van der Waals surface area (Å²) in [7, 11) is 0. The van der Waals surface area contributed by atoms with Gasteiger partial charge < -0.3 is 10.4 Å². The zero-order chi connectivity index (χ0) is 17.4. The quantitative estimate of drug-likeness (QED) is 0.763. The molecule has 2 heterocycles. The summed E-state index contributed by atoms with van der Waals surface area (Å²) >= 11 is 0. The normalized spacial score (nSPS) is 23.7. The summed E-state index contributed by atoms with van der Waals surface area (Å²) in [6.45, 7) is 4.02. The molecule has 4 rings (SSSR count). The lowest BCUT2D eigenvalue weighted by Crippen LogP contribution is -2.35. The Morgan fingerprint density at radius 1 is 1.24 bits per heavy atom. The first-order valence-corrected chi connectivity index (χ1v) is 8.91. The molecule has 3 aromatic rings. The van der Waals surface area contributed by atoms with E-state index >= 15 is 0 Å². The third-order valence-electron chi connectivity index (χ3n) is 5.11. The molecule has 1 aliphatic carbocycles. The molecule has 0 atom stereocenters. The maximum atomic E-state index is 10.1. The summed E-state index contributed by atoms with van der Waals surface area (Å²) in [5.74, 6) is 0.869. The maximum Gasteiger partial charge on any atom is 0.165 e. The van der Waals surface area contributed by atoms with Crippen molar-refractivity contribution in [3.63, 3.8) is 0 Å². The number of aromatic nitrogens is 3. The molecule has 0 amide bonds. The number of hydrogen-bond acceptors (Lipinski definition) is 4. The fourth-order valence-corrected chi connectivity index (χ4v) is 3.56. The third-order valence-corrected chi connectivity index (χ3v) is 5.11. The molecule has 0 saturated heterocycles. The van der Waals surface area contributed by atoms with Gasteiger partial charge in [-0.1, -0.05) is 29.8 Å². The standard InChI is InChI=1S/C20H24N4O/c1-14-4-3-5-15(12-14)17-13-21-24-11-8-18(23-19(17)24)22-16-6-9-20(2,25)10-7-16/h3-5,8,11-13,16,25H,6-7,9-10H2,1-2H3,(H,22,23)/t16-,20-. The molecule has 25 heavy (non-hydrogen) atoms. The van der Waals surface area contributed by atoms with Crippen molar-refractivity contribution in [1.82, 2.24) is 14.6 Å². The Hall–Kier alpha value is -2.40. The second-order valence-electron chi connectivity index (χ2n) is 7.42. The number of nitrogens with one attached hydrogen (secondary N) is 1. The van der Waals surface area contributed by atoms with E-state index in [0.29, 0.717) is 6.04 Å². The molecule has 2 aromatic heterocycles. The number of aliphatic hydroxyl groups is 1. The molecule has 2 N–H and O–H groups in total. The molecule has 1 aromatic carbocycles. The Morgan fingerprint density at radius 3 is 2.80 bits per heavy atom. The van der Waals surface area contributed by atoms with Crippen molar-refractivity contribution < 1.29 is 5.11 Å². The lowest BCUT2D eigenvalue weighted by Gasteiger charge is -2.33. The number of nitrogens with zero attached hydrogens (tertiary/aromatic N) is 3. The van der Waals surface area contributed by atoms with E-state index in [2.05, 4.69) is 41.6 Å². The van der Waals surface area contributed by atoms with Gasteiger partial charge in [0, 0.05) is 17.8 Å². The Morgan fingerprint density at radius 2 is 2.04 bits per heavy atom. The van der Waals surface area contributed by atoms with Gasteiger partial charge in [0.2, 0.25) is 0 Å². The van der Waals surface area contributed by atoms with Gasteiger partial charge >= 0.3 is 0 Å². The van der Waals surface area contributed by atoms with Crippen molar-refractivity contribution in [2.75, 3.05) is 5.32 Å². The summed E-state index contributed by atoms with van der Waals surface area (Å²) in [5.41, 5.74) is 3.74. The summed E-state index contributed by atoms with van der Waals surface area (Å²) in [6.07, 6.45) is 7.40. The highest BCUT2D eigenvalue weighted by molar-refractivity contribution is 5.78. The summed E-state index contributed by atoms with van der Waals surface area (Å²) in [6, 6.07) is 10.7. The minimum absolute atomic E-state index is 0.362. The maximum absolute atomic E-state index is 10.1. The van der Waals surface area contributed by atoms with E-state index in [1.165, 1.54) is 5.56 Å². The molecule has 130 valence electrons. The van der Waals surface area contributed by atoms with Gasteiger partial charge in [0.1, 0.15) is 5.82 Å². The van der Waals surface area contributed by atoms with Crippen LogP contribution in [0.2, 0.25) is 0 Å². The number of hydrogen-bond donors (Lipinski definition) is 2. The van der Waals surface area contributed by atoms with Crippen LogP contribution in [0.3, 0.4) is 0 Å². The SMILES string of the molecule is Cc1cccc(-c2cnn3ccc(N[C@H]4CC[C@](C)(O)CC4)nc23)c1. The molecule has 0 aliphatic heterocycles. The van der Waals surface area contributed by atoms with Gasteiger partial charge in [-0.3, -0.25) is 0 Å². The average molecular weight is 336 g/mol. The van der Waals surface area contributed by atoms with Crippen LogP contribution in [-0.2, 0) is 0 Å². The van der Waals surface area contributed by atoms with Crippen LogP contribution in [0, 0.1) is 6.92 Å². The van der Waals surface area contributed by atoms with Crippen LogP contribution >= 0.6 is 0 Å². The second kappa shape index (κ2) is 6.15. The van der Waals surface area contributed by atoms with Crippen LogP contribution in [0.1, 0.15) is 38.2 Å². The number of rotatable bonds is 3. The van der Waals surface area contributed by atoms with Crippen LogP contribution in [0.15, 0.2) is 42.7 Å². The highest BCUT2D eigenvalue weighted by Gasteiger charge is 2.28. The van der Waals surface area contributed by atoms with Crippen LogP contribution < -0.4 is 5.32 Å². The molecular weight excluding hydrogens is 312 g/mol. The number of aryl methyl sites for hydroxylation is 1. The highest BCUT2D eigenvalue weighted by Crippen LogP contribution is 2.30. The van der Waals surface area contributed by atoms with Crippen molar-refractivity contribution in [3.05, 3.63) is 48.3 Å². The molecule has 0 bridgehead atoms. The molecule has 5 heteroatoms. The largest absolute Gasteiger partial charge is 0.390 e. The van der Waals surface area contributed by atoms with E-state index in [1.807, 2.05) is 29.9 Å². The van der Waals surface area contributed by atoms with Gasteiger partial charge in [0.05, 0.1) is 11.8 Å². The highest BCUT2D eigenvalue weighted by atomic mass is 16.3. The van der Waals surface area contributed by atoms with E-state index in [9.17, 15) is 5.11 Å². The number of fused-ring (bicyclic) bond motifs is 1. The van der Waals surface area contributed by atoms with E-state index in [4.69, 9.17) is 4.98 Å². The van der Waals surface area contributed by atoms with E-state index in [-0.39, 0.29) is 0 Å². The summed E-state index contributed by atoms with van der Waals surface area (Å²) < 4.78 is 1.81. The number of anilines is 1. The minimum atomic E-state index is -0.515. The molecule has 1 saturated carbocycles. The monoisotopic (exact) mass is 336 g/mol. The molecule has 0 spiro atoms. The molecule has 1 aliphatic rings. The van der Waals surface area contributed by atoms with E-state index < -0.39 is 5.60 Å². The fourth-order valence-electron chi connectivity index (χ4n) is 3.56. The topological polar surface area (TPSA) is 62.5 Å². The molecule has 0 unspecified atom stereocenters. The van der Waals surface area contributed by atoms with Crippen LogP contribution in [0.4, 0.5) is 5.82 Å². The lowest BCUT2D eigenvalue weighted by atomic mass is 9.84. The zero-order valence-electron chi connectivity index (χ0n) is 14.7. The van der Waals surface area contributed by atoms with Crippen LogP contribution in [0.25, 0.3) is 16.8 Å². The predicted octanol–water partition coefficient (Wildman–Crippen LogP) is 3.81. The fraction of sp³-hybridized carbons (Fsp3) is 0.400. The van der Waals surface area contributed by atoms with Crippen molar-refractivity contribution in [2.24, 2.45) is 0 Å². The Bertz CT molecular complexity index is 890. The molecule has 1 fully saturated rings. The molecular formula is C20H24N4O. The van der Waals surface area contributed by atoms with Gasteiger partial charge in [-0.15, -0.1) is 0 Å². The second-order valence-corrected chi connectivity index (χ2v) is 7.42. The van der Waals surface area contributed by atoms with Crippen molar-refractivity contribution in [2.45, 2.75) is 51.2 Å². The summed E-state index contributed by atoms with van der Waals surface area (Å²) in [5, 5.41) is 18.1. The van der Waals surface area contributed by atoms with Crippen molar-refractivity contribution in [1.29, 1.82) is 0 Å². The van der Waals surface area contributed by atoms with Gasteiger partial charge in [0.25, 0.3) is 0 Å². The third kappa shape index (κ3) is 3.37. The van der Waals surface area contributed by atoms with Crippen molar-refractivity contribution in [3.8, 4) is 11.1 Å². The van der Waals surface area contributed by atoms with Crippen LogP contribution in [-0.4, -0.2) is 31.3 Å². The summed E-state index contributed by atoms with van der Waals surface area (Å²) in [4.78, 5) is 4.80. The first-order valence-electron chi connectivity index (χ1n) is 8.91. The first kappa shape index (κ1) is 16.1. The number of benzene rings is 1. The first-order chi connectivity index (χ1) is 12.0. The molecule has 0 radical (unpaired) electrons. The van der Waals surface area contributed by atoms with E-state index in [1.54, 1.807) is 0 Å². The molecule has 5 nitrogen and oxygen atoms in total. The predicted molar refractivity (Wildman–Crippen MR) is 99.7 cm³/mol. The van der Waals surface area contributed by atoms with Crippen molar-refractivity contribution >= 4 is 11.5 Å². The van der Waals surface area contributed by atoms with Gasteiger partial charge in [-0.05, 0) is 51.2 Å². The van der Waals surface area contributed by atoms with Gasteiger partial charge in [-0.25, -0.2) is 9.50 Å². The Kier molecular flexibility index (Phi) is 3.96. The lowest BCUT2D eigenvalue weighted by molar-refractivity contribution is 0.0196. The zero-order valence-corrected chi connectivity index (χ0v) is 14.7. The van der Waals surface area contributed by atoms with E-state index in [0.717, 1.165) is 48.3 Å². The van der Waals surface area contributed by atoms with Gasteiger partial charge in [-0.2, -0.15) is 5.10 Å². The minimum Gasteiger partial charge on any atom is -0.390 e. The Balaban J connectivity index is 1.61. The van der Waals surface area contributed by atoms with Gasteiger partial charge in [0.15, 0.2) is 5.65 Å². The average Bonchev–Trinajstić information content (AvgIpc) is 3.00. The smallest absolute Gasteiger partial charge is 0.165 e. The Labute approximate surface area is 147 Å². The van der Waals surface area contributed by atoms with Crippen LogP contribution in [0.5, 0.6) is 0 Å².